The van der Waals surface area contributed by atoms with Crippen LogP contribution in [0.15, 0.2) is 33.9 Å². The largest absolute Gasteiger partial charge is 0.494 e. The number of rotatable bonds is 5. The molecule has 1 aromatic carbocycles. The van der Waals surface area contributed by atoms with E-state index in [1.807, 2.05) is 38.1 Å². The minimum Gasteiger partial charge on any atom is -0.494 e. The zero-order valence-electron chi connectivity index (χ0n) is 9.84. The van der Waals surface area contributed by atoms with Crippen molar-refractivity contribution in [3.63, 3.8) is 0 Å². The summed E-state index contributed by atoms with van der Waals surface area (Å²) >= 11 is 1.54. The van der Waals surface area contributed by atoms with Gasteiger partial charge in [0.05, 0.1) is 6.61 Å². The van der Waals surface area contributed by atoms with Gasteiger partial charge in [-0.25, -0.2) is 0 Å². The van der Waals surface area contributed by atoms with Gasteiger partial charge in [-0.1, -0.05) is 18.7 Å². The molecule has 0 aliphatic carbocycles. The molecule has 0 aliphatic rings. The highest BCUT2D eigenvalue weighted by atomic mass is 32.2. The molecule has 17 heavy (non-hydrogen) atoms. The van der Waals surface area contributed by atoms with Crippen LogP contribution in [0.2, 0.25) is 0 Å². The predicted molar refractivity (Wildman–Crippen MR) is 67.3 cm³/mol. The molecule has 0 saturated heterocycles. The van der Waals surface area contributed by atoms with Crippen LogP contribution >= 0.6 is 11.8 Å². The molecule has 4 nitrogen and oxygen atoms in total. The van der Waals surface area contributed by atoms with Crippen LogP contribution in [0.1, 0.15) is 13.8 Å². The molecule has 1 heterocycles. The Labute approximate surface area is 104 Å². The minimum atomic E-state index is 0.545. The van der Waals surface area contributed by atoms with E-state index in [1.165, 1.54) is 11.8 Å². The first-order valence-electron chi connectivity index (χ1n) is 5.53. The quantitative estimate of drug-likeness (QED) is 0.762. The van der Waals surface area contributed by atoms with Crippen LogP contribution in [0, 0.1) is 0 Å². The zero-order chi connectivity index (χ0) is 12.1. The fraction of sp³-hybridized carbons (Fsp3) is 0.333. The number of hydrogen-bond acceptors (Lipinski definition) is 5. The minimum absolute atomic E-state index is 0.545. The molecule has 0 saturated carbocycles. The van der Waals surface area contributed by atoms with Crippen molar-refractivity contribution in [2.45, 2.75) is 19.1 Å². The first-order chi connectivity index (χ1) is 8.33. The van der Waals surface area contributed by atoms with Crippen molar-refractivity contribution >= 4 is 11.8 Å². The van der Waals surface area contributed by atoms with Crippen LogP contribution in [0.5, 0.6) is 5.75 Å². The molecule has 0 radical (unpaired) electrons. The summed E-state index contributed by atoms with van der Waals surface area (Å²) in [6.07, 6.45) is 0. The Bertz CT molecular complexity index is 468. The van der Waals surface area contributed by atoms with Gasteiger partial charge < -0.3 is 9.15 Å². The molecule has 90 valence electrons. The van der Waals surface area contributed by atoms with Crippen LogP contribution in [0.25, 0.3) is 11.5 Å². The van der Waals surface area contributed by atoms with Crippen molar-refractivity contribution in [3.05, 3.63) is 24.3 Å². The van der Waals surface area contributed by atoms with Crippen LogP contribution in [0.3, 0.4) is 0 Å². The Morgan fingerprint density at radius 3 is 2.59 bits per heavy atom. The lowest BCUT2D eigenvalue weighted by molar-refractivity contribution is 0.340. The van der Waals surface area contributed by atoms with Gasteiger partial charge >= 0.3 is 0 Å². The highest BCUT2D eigenvalue weighted by Gasteiger charge is 2.08. The van der Waals surface area contributed by atoms with E-state index in [-0.39, 0.29) is 0 Å². The molecule has 0 aliphatic heterocycles. The van der Waals surface area contributed by atoms with Gasteiger partial charge in [-0.15, -0.1) is 10.2 Å². The van der Waals surface area contributed by atoms with E-state index in [0.29, 0.717) is 17.7 Å². The monoisotopic (exact) mass is 250 g/mol. The van der Waals surface area contributed by atoms with E-state index in [4.69, 9.17) is 9.15 Å². The van der Waals surface area contributed by atoms with Crippen LogP contribution in [-0.4, -0.2) is 22.6 Å². The van der Waals surface area contributed by atoms with Gasteiger partial charge in [-0.05, 0) is 36.9 Å². The SMILES string of the molecule is CCOc1ccc(-c2nnc(SCC)o2)cc1. The molecule has 1 aromatic heterocycles. The molecule has 0 N–H and O–H groups in total. The zero-order valence-corrected chi connectivity index (χ0v) is 10.7. The number of benzene rings is 1. The van der Waals surface area contributed by atoms with E-state index in [0.717, 1.165) is 17.1 Å². The predicted octanol–water partition coefficient (Wildman–Crippen LogP) is 3.25. The fourth-order valence-corrected chi connectivity index (χ4v) is 1.85. The van der Waals surface area contributed by atoms with Gasteiger partial charge in [0, 0.05) is 5.56 Å². The molecular formula is C12H14N2O2S. The van der Waals surface area contributed by atoms with Crippen LogP contribution in [-0.2, 0) is 0 Å². The maximum atomic E-state index is 5.51. The van der Waals surface area contributed by atoms with Gasteiger partial charge in [0.1, 0.15) is 5.75 Å². The maximum Gasteiger partial charge on any atom is 0.276 e. The summed E-state index contributed by atoms with van der Waals surface area (Å²) < 4.78 is 10.9. The Hall–Kier alpha value is -1.49. The first-order valence-corrected chi connectivity index (χ1v) is 6.51. The average Bonchev–Trinajstić information content (AvgIpc) is 2.80. The molecule has 0 atom stereocenters. The van der Waals surface area contributed by atoms with Gasteiger partial charge in [-0.3, -0.25) is 0 Å². The van der Waals surface area contributed by atoms with Crippen molar-refractivity contribution in [2.24, 2.45) is 0 Å². The van der Waals surface area contributed by atoms with Crippen LogP contribution < -0.4 is 4.74 Å². The Morgan fingerprint density at radius 2 is 1.94 bits per heavy atom. The second kappa shape index (κ2) is 5.72. The lowest BCUT2D eigenvalue weighted by atomic mass is 10.2. The van der Waals surface area contributed by atoms with Gasteiger partial charge in [0.25, 0.3) is 5.22 Å². The van der Waals surface area contributed by atoms with Gasteiger partial charge in [0.15, 0.2) is 0 Å². The fourth-order valence-electron chi connectivity index (χ4n) is 1.37. The summed E-state index contributed by atoms with van der Waals surface area (Å²) in [4.78, 5) is 0. The molecule has 0 fully saturated rings. The molecule has 2 rings (SSSR count). The third kappa shape index (κ3) is 3.00. The Kier molecular flexibility index (Phi) is 4.03. The number of ether oxygens (including phenoxy) is 1. The average molecular weight is 250 g/mol. The number of aromatic nitrogens is 2. The summed E-state index contributed by atoms with van der Waals surface area (Å²) in [5, 5.41) is 8.57. The number of hydrogen-bond donors (Lipinski definition) is 0. The smallest absolute Gasteiger partial charge is 0.276 e. The molecule has 5 heteroatoms. The molecule has 0 bridgehead atoms. The summed E-state index contributed by atoms with van der Waals surface area (Å²) in [5.41, 5.74) is 0.906. The van der Waals surface area contributed by atoms with E-state index in [2.05, 4.69) is 10.2 Å². The van der Waals surface area contributed by atoms with Crippen LogP contribution in [0.4, 0.5) is 0 Å². The van der Waals surface area contributed by atoms with E-state index in [1.54, 1.807) is 0 Å². The maximum absolute atomic E-state index is 5.51. The van der Waals surface area contributed by atoms with Crippen molar-refractivity contribution < 1.29 is 9.15 Å². The van der Waals surface area contributed by atoms with Crippen molar-refractivity contribution in [2.75, 3.05) is 12.4 Å². The summed E-state index contributed by atoms with van der Waals surface area (Å²) in [7, 11) is 0. The number of thioether (sulfide) groups is 1. The second-order valence-corrected chi connectivity index (χ2v) is 4.48. The third-order valence-electron chi connectivity index (χ3n) is 2.09. The lowest BCUT2D eigenvalue weighted by Gasteiger charge is -2.02. The summed E-state index contributed by atoms with van der Waals surface area (Å²) in [6.45, 7) is 4.67. The topological polar surface area (TPSA) is 48.2 Å². The Morgan fingerprint density at radius 1 is 1.18 bits per heavy atom. The normalized spacial score (nSPS) is 10.5. The lowest BCUT2D eigenvalue weighted by Crippen LogP contribution is -1.90. The first kappa shape index (κ1) is 12.0. The summed E-state index contributed by atoms with van der Waals surface area (Å²) in [6, 6.07) is 7.63. The molecule has 2 aromatic rings. The molecule has 0 amide bonds. The molecule has 0 unspecified atom stereocenters. The van der Waals surface area contributed by atoms with Crippen molar-refractivity contribution in [3.8, 4) is 17.2 Å². The van der Waals surface area contributed by atoms with Crippen molar-refractivity contribution in [1.82, 2.24) is 10.2 Å². The second-order valence-electron chi connectivity index (χ2n) is 3.26. The standard InChI is InChI=1S/C12H14N2O2S/c1-3-15-10-7-5-9(6-8-10)11-13-14-12(16-11)17-4-2/h5-8H,3-4H2,1-2H3. The Balaban J connectivity index is 2.15. The third-order valence-corrected chi connectivity index (χ3v) is 2.79. The van der Waals surface area contributed by atoms with E-state index < -0.39 is 0 Å². The molecule has 0 spiro atoms. The van der Waals surface area contributed by atoms with E-state index in [9.17, 15) is 0 Å². The van der Waals surface area contributed by atoms with Gasteiger partial charge in [-0.2, -0.15) is 0 Å². The highest BCUT2D eigenvalue weighted by Crippen LogP contribution is 2.24. The van der Waals surface area contributed by atoms with E-state index >= 15 is 0 Å². The molecular weight excluding hydrogens is 236 g/mol. The number of nitrogens with zero attached hydrogens (tertiary/aromatic N) is 2. The highest BCUT2D eigenvalue weighted by molar-refractivity contribution is 7.99. The summed E-state index contributed by atoms with van der Waals surface area (Å²) in [5.74, 6) is 2.31. The van der Waals surface area contributed by atoms with Crippen molar-refractivity contribution in [1.29, 1.82) is 0 Å². The van der Waals surface area contributed by atoms with Gasteiger partial charge in [0.2, 0.25) is 5.89 Å².